The molecule has 0 saturated heterocycles. The van der Waals surface area contributed by atoms with Crippen molar-refractivity contribution in [2.75, 3.05) is 7.05 Å². The maximum Gasteiger partial charge on any atom is 0.272 e. The van der Waals surface area contributed by atoms with E-state index in [-0.39, 0.29) is 5.56 Å². The van der Waals surface area contributed by atoms with Crippen LogP contribution < -0.4 is 10.9 Å². The van der Waals surface area contributed by atoms with Crippen molar-refractivity contribution in [3.05, 3.63) is 40.3 Å². The van der Waals surface area contributed by atoms with E-state index in [0.717, 1.165) is 16.5 Å². The fourth-order valence-corrected chi connectivity index (χ4v) is 4.15. The van der Waals surface area contributed by atoms with Gasteiger partial charge in [-0.05, 0) is 44.2 Å². The highest BCUT2D eigenvalue weighted by atomic mass is 16.1. The monoisotopic (exact) mass is 269 g/mol. The van der Waals surface area contributed by atoms with Gasteiger partial charge >= 0.3 is 0 Å². The van der Waals surface area contributed by atoms with Gasteiger partial charge in [0.05, 0.1) is 11.1 Å². The first-order valence-electron chi connectivity index (χ1n) is 7.35. The molecule has 0 bridgehead atoms. The second-order valence-electron chi connectivity index (χ2n) is 6.48. The molecule has 4 heteroatoms. The molecular formula is C16H19N3O. The molecule has 2 N–H and O–H groups in total. The van der Waals surface area contributed by atoms with Gasteiger partial charge in [-0.2, -0.15) is 5.10 Å². The minimum Gasteiger partial charge on any atom is -0.317 e. The maximum absolute atomic E-state index is 11.8. The quantitative estimate of drug-likeness (QED) is 0.878. The number of nitrogens with one attached hydrogen (secondary N) is 2. The number of aromatic nitrogens is 2. The molecule has 0 radical (unpaired) electrons. The highest BCUT2D eigenvalue weighted by Crippen LogP contribution is 2.61. The Morgan fingerprint density at radius 3 is 2.60 bits per heavy atom. The molecule has 2 aromatic rings. The number of fused-ring (bicyclic) bond motifs is 1. The van der Waals surface area contributed by atoms with Gasteiger partial charge in [-0.3, -0.25) is 4.79 Å². The average Bonchev–Trinajstić information content (AvgIpc) is 2.38. The molecule has 0 aliphatic heterocycles. The van der Waals surface area contributed by atoms with Crippen molar-refractivity contribution >= 4 is 10.8 Å². The number of hydrogen-bond acceptors (Lipinski definition) is 3. The van der Waals surface area contributed by atoms with Gasteiger partial charge in [0, 0.05) is 17.3 Å². The predicted octanol–water partition coefficient (Wildman–Crippen LogP) is 2.17. The van der Waals surface area contributed by atoms with Crippen molar-refractivity contribution in [3.8, 4) is 0 Å². The molecule has 0 atom stereocenters. The number of hydrogen-bond donors (Lipinski definition) is 2. The van der Waals surface area contributed by atoms with Gasteiger partial charge in [-0.15, -0.1) is 0 Å². The number of benzene rings is 1. The molecule has 1 heterocycles. The Morgan fingerprint density at radius 2 is 1.90 bits per heavy atom. The van der Waals surface area contributed by atoms with Crippen LogP contribution in [-0.2, 0) is 0 Å². The minimum atomic E-state index is -0.0859. The SMILES string of the molecule is CN[C@H]1CC2(C1)C[C@H](c1n[nH]c(=O)c3ccccc31)C2. The van der Waals surface area contributed by atoms with E-state index in [1.165, 1.54) is 25.7 Å². The molecule has 0 unspecified atom stereocenters. The maximum atomic E-state index is 11.8. The van der Waals surface area contributed by atoms with E-state index in [1.54, 1.807) is 0 Å². The normalized spacial score (nSPS) is 32.0. The number of rotatable bonds is 2. The first kappa shape index (κ1) is 12.1. The van der Waals surface area contributed by atoms with Crippen molar-refractivity contribution in [1.82, 2.24) is 15.5 Å². The Balaban J connectivity index is 1.62. The van der Waals surface area contributed by atoms with Gasteiger partial charge in [0.1, 0.15) is 0 Å². The fourth-order valence-electron chi connectivity index (χ4n) is 4.15. The average molecular weight is 269 g/mol. The van der Waals surface area contributed by atoms with Crippen molar-refractivity contribution in [2.24, 2.45) is 5.41 Å². The molecule has 1 aromatic heterocycles. The lowest BCUT2D eigenvalue weighted by Crippen LogP contribution is -2.53. The van der Waals surface area contributed by atoms with Gasteiger partial charge in [0.25, 0.3) is 5.56 Å². The fraction of sp³-hybridized carbons (Fsp3) is 0.500. The second-order valence-corrected chi connectivity index (χ2v) is 6.48. The van der Waals surface area contributed by atoms with Gasteiger partial charge in [0.15, 0.2) is 0 Å². The molecule has 2 aliphatic rings. The summed E-state index contributed by atoms with van der Waals surface area (Å²) in [6, 6.07) is 8.51. The molecule has 2 fully saturated rings. The summed E-state index contributed by atoms with van der Waals surface area (Å²) in [7, 11) is 2.05. The zero-order valence-corrected chi connectivity index (χ0v) is 11.6. The summed E-state index contributed by atoms with van der Waals surface area (Å²) in [5.74, 6) is 0.509. The Kier molecular flexibility index (Phi) is 2.51. The third-order valence-corrected chi connectivity index (χ3v) is 5.24. The predicted molar refractivity (Wildman–Crippen MR) is 78.9 cm³/mol. The van der Waals surface area contributed by atoms with Crippen LogP contribution in [0.15, 0.2) is 29.1 Å². The van der Waals surface area contributed by atoms with Crippen molar-refractivity contribution in [1.29, 1.82) is 0 Å². The molecule has 20 heavy (non-hydrogen) atoms. The molecule has 0 amide bonds. The van der Waals surface area contributed by atoms with E-state index < -0.39 is 0 Å². The standard InChI is InChI=1S/C16H19N3O/c1-17-11-8-16(9-11)6-10(7-16)14-12-4-2-3-5-13(12)15(20)19-18-14/h2-5,10-11,17H,6-9H2,1H3,(H,19,20)/t10-,11-,16?. The Bertz CT molecular complexity index is 707. The molecule has 2 aliphatic carbocycles. The smallest absolute Gasteiger partial charge is 0.272 e. The lowest BCUT2D eigenvalue weighted by molar-refractivity contribution is -0.0192. The van der Waals surface area contributed by atoms with Crippen LogP contribution in [0.2, 0.25) is 0 Å². The van der Waals surface area contributed by atoms with E-state index in [4.69, 9.17) is 0 Å². The molecule has 1 spiro atoms. The summed E-state index contributed by atoms with van der Waals surface area (Å²) >= 11 is 0. The lowest BCUT2D eigenvalue weighted by atomic mass is 9.49. The lowest BCUT2D eigenvalue weighted by Gasteiger charge is -2.57. The molecule has 4 nitrogen and oxygen atoms in total. The van der Waals surface area contributed by atoms with Crippen molar-refractivity contribution < 1.29 is 0 Å². The van der Waals surface area contributed by atoms with Crippen LogP contribution in [0.1, 0.15) is 37.3 Å². The Morgan fingerprint density at radius 1 is 1.20 bits per heavy atom. The van der Waals surface area contributed by atoms with Gasteiger partial charge in [0.2, 0.25) is 0 Å². The third kappa shape index (κ3) is 1.64. The first-order valence-corrected chi connectivity index (χ1v) is 7.35. The number of nitrogens with zero attached hydrogens (tertiary/aromatic N) is 1. The molecule has 2 saturated carbocycles. The molecular weight excluding hydrogens is 250 g/mol. The van der Waals surface area contributed by atoms with Crippen LogP contribution in [-0.4, -0.2) is 23.3 Å². The van der Waals surface area contributed by atoms with Gasteiger partial charge in [-0.25, -0.2) is 5.10 Å². The summed E-state index contributed by atoms with van der Waals surface area (Å²) in [5.41, 5.74) is 1.55. The van der Waals surface area contributed by atoms with Crippen molar-refractivity contribution in [3.63, 3.8) is 0 Å². The van der Waals surface area contributed by atoms with E-state index in [9.17, 15) is 4.79 Å². The van der Waals surface area contributed by atoms with Crippen LogP contribution in [0.25, 0.3) is 10.8 Å². The van der Waals surface area contributed by atoms with E-state index in [1.807, 2.05) is 31.3 Å². The van der Waals surface area contributed by atoms with Crippen molar-refractivity contribution in [2.45, 2.75) is 37.6 Å². The first-order chi connectivity index (χ1) is 9.71. The second kappa shape index (κ2) is 4.16. The van der Waals surface area contributed by atoms with E-state index in [2.05, 4.69) is 15.5 Å². The zero-order valence-electron chi connectivity index (χ0n) is 11.6. The summed E-state index contributed by atoms with van der Waals surface area (Å²) in [4.78, 5) is 11.8. The summed E-state index contributed by atoms with van der Waals surface area (Å²) in [5, 5.41) is 12.1. The van der Waals surface area contributed by atoms with Crippen LogP contribution in [0, 0.1) is 5.41 Å². The van der Waals surface area contributed by atoms with Crippen LogP contribution in [0.4, 0.5) is 0 Å². The van der Waals surface area contributed by atoms with E-state index >= 15 is 0 Å². The Hall–Kier alpha value is -1.68. The zero-order chi connectivity index (χ0) is 13.7. The third-order valence-electron chi connectivity index (χ3n) is 5.24. The van der Waals surface area contributed by atoms with E-state index in [0.29, 0.717) is 17.4 Å². The van der Waals surface area contributed by atoms with Crippen LogP contribution in [0.5, 0.6) is 0 Å². The topological polar surface area (TPSA) is 57.8 Å². The molecule has 104 valence electrons. The highest BCUT2D eigenvalue weighted by molar-refractivity contribution is 5.83. The molecule has 1 aromatic carbocycles. The number of aromatic amines is 1. The minimum absolute atomic E-state index is 0.0859. The molecule has 4 rings (SSSR count). The van der Waals surface area contributed by atoms with Crippen LogP contribution in [0.3, 0.4) is 0 Å². The summed E-state index contributed by atoms with van der Waals surface area (Å²) in [6.07, 6.45) is 5.02. The Labute approximate surface area is 117 Å². The van der Waals surface area contributed by atoms with Gasteiger partial charge in [-0.1, -0.05) is 18.2 Å². The number of H-pyrrole nitrogens is 1. The van der Waals surface area contributed by atoms with Gasteiger partial charge < -0.3 is 5.32 Å². The summed E-state index contributed by atoms with van der Waals surface area (Å²) < 4.78 is 0. The van der Waals surface area contributed by atoms with Crippen LogP contribution >= 0.6 is 0 Å². The summed E-state index contributed by atoms with van der Waals surface area (Å²) in [6.45, 7) is 0. The highest BCUT2D eigenvalue weighted by Gasteiger charge is 2.53. The largest absolute Gasteiger partial charge is 0.317 e.